The molecule has 1 unspecified atom stereocenters. The third-order valence-corrected chi connectivity index (χ3v) is 14.4. The Labute approximate surface area is 482 Å². The van der Waals surface area contributed by atoms with Gasteiger partial charge < -0.3 is 49.4 Å². The van der Waals surface area contributed by atoms with Crippen molar-refractivity contribution in [2.75, 3.05) is 58.0 Å². The van der Waals surface area contributed by atoms with Crippen LogP contribution in [0.25, 0.3) is 10.8 Å². The number of hydrogen-bond donors (Lipinski definition) is 2. The maximum atomic E-state index is 13.1. The van der Waals surface area contributed by atoms with E-state index >= 15 is 0 Å². The van der Waals surface area contributed by atoms with Crippen molar-refractivity contribution in [2.45, 2.75) is 19.6 Å². The van der Waals surface area contributed by atoms with Gasteiger partial charge in [-0.1, -0.05) is 0 Å². The van der Waals surface area contributed by atoms with Crippen molar-refractivity contribution >= 4 is 103 Å². The molecule has 28 nitrogen and oxygen atoms in total. The summed E-state index contributed by atoms with van der Waals surface area (Å²) < 4.78 is 167. The summed E-state index contributed by atoms with van der Waals surface area (Å²) in [5.74, 6) is -4.88. The predicted octanol–water partition coefficient (Wildman–Crippen LogP) is -10.9. The monoisotopic (exact) mass is 1110 g/mol. The van der Waals surface area contributed by atoms with Crippen LogP contribution in [0.3, 0.4) is 0 Å². The van der Waals surface area contributed by atoms with E-state index in [1.807, 2.05) is 0 Å². The standard InChI is InChI=1S/C30H33N5O23S6.4Na/c1-50-18-13-23(61(40,41)7-5-54-64(47,48)49)20(52-3)12-17(18)33-35-29-25(63(44,45)46)10-15-9-22(59-57-55-37)28(30(36)26(15)27(29)31)34-32-16-11-21(53-4)24(14-19(16)51-2)62(42,43)8-6-60(39)58-56-38;;;;/h9-14,36-38H,5-8,31H2,1-4H3,(H,44,45,46)(H,47,48,49);;;;/q;4*+1/p-4. The van der Waals surface area contributed by atoms with Crippen LogP contribution in [0, 0.1) is 0 Å². The van der Waals surface area contributed by atoms with E-state index in [9.17, 15) is 62.6 Å². The van der Waals surface area contributed by atoms with E-state index in [-0.39, 0.29) is 169 Å². The largest absolute Gasteiger partial charge is 1.00 e. The molecule has 68 heavy (non-hydrogen) atoms. The molecule has 0 aliphatic heterocycles. The van der Waals surface area contributed by atoms with Crippen molar-refractivity contribution in [3.05, 3.63) is 36.4 Å². The van der Waals surface area contributed by atoms with Gasteiger partial charge in [0.05, 0.1) is 85.2 Å². The summed E-state index contributed by atoms with van der Waals surface area (Å²) in [5, 5.41) is 53.8. The van der Waals surface area contributed by atoms with Gasteiger partial charge in [-0.2, -0.15) is 4.33 Å². The molecule has 1 atom stereocenters. The van der Waals surface area contributed by atoms with Crippen molar-refractivity contribution in [2.24, 2.45) is 20.5 Å². The summed E-state index contributed by atoms with van der Waals surface area (Å²) in [4.78, 5) is -2.53. The van der Waals surface area contributed by atoms with Gasteiger partial charge in [0.15, 0.2) is 36.5 Å². The van der Waals surface area contributed by atoms with Crippen LogP contribution in [0.4, 0.5) is 28.4 Å². The molecule has 4 rings (SSSR count). The number of anilines is 1. The number of phenolic OH excluding ortho intramolecular Hbond substituents is 1. The number of rotatable bonds is 23. The topological polar surface area (TPSA) is 425 Å². The number of phenols is 1. The number of nitrogens with two attached hydrogens (primary N) is 1. The van der Waals surface area contributed by atoms with Crippen LogP contribution in [0.1, 0.15) is 0 Å². The minimum atomic E-state index is -5.50. The molecular weight excluding hydrogens is 1080 g/mol. The van der Waals surface area contributed by atoms with Crippen LogP contribution >= 0.6 is 12.0 Å². The maximum absolute atomic E-state index is 13.1. The third-order valence-electron chi connectivity index (χ3n) is 8.05. The van der Waals surface area contributed by atoms with Gasteiger partial charge >= 0.3 is 118 Å². The first kappa shape index (κ1) is 67.1. The summed E-state index contributed by atoms with van der Waals surface area (Å²) in [6, 6.07) is 5.54. The van der Waals surface area contributed by atoms with E-state index in [0.717, 1.165) is 58.8 Å². The molecule has 0 heterocycles. The molecule has 0 saturated carbocycles. The van der Waals surface area contributed by atoms with Crippen molar-refractivity contribution in [1.29, 1.82) is 0 Å². The van der Waals surface area contributed by atoms with Crippen LogP contribution in [0.15, 0.2) is 76.4 Å². The molecule has 0 fully saturated rings. The van der Waals surface area contributed by atoms with E-state index in [0.29, 0.717) is 6.07 Å². The molecule has 38 heteroatoms. The molecule has 0 aliphatic rings. The number of azo groups is 2. The Balaban J connectivity index is 0.0000112. The van der Waals surface area contributed by atoms with Crippen LogP contribution in [0.2, 0.25) is 0 Å². The van der Waals surface area contributed by atoms with Crippen LogP contribution < -0.4 is 153 Å². The van der Waals surface area contributed by atoms with Gasteiger partial charge in [-0.25, -0.2) is 37.9 Å². The first-order valence-electron chi connectivity index (χ1n) is 16.4. The molecule has 0 radical (unpaired) electrons. The molecule has 352 valence electrons. The van der Waals surface area contributed by atoms with Crippen molar-refractivity contribution < 1.29 is 223 Å². The number of fused-ring (bicyclic) bond motifs is 1. The molecule has 0 amide bonds. The maximum Gasteiger partial charge on any atom is 1.00 e. The van der Waals surface area contributed by atoms with Gasteiger partial charge in [-0.15, -0.1) is 24.8 Å². The molecule has 3 N–H and O–H groups in total. The fourth-order valence-corrected chi connectivity index (χ4v) is 10.6. The molecule has 0 saturated heterocycles. The first-order chi connectivity index (χ1) is 30.0. The zero-order chi connectivity index (χ0) is 47.8. The molecule has 4 aromatic rings. The van der Waals surface area contributed by atoms with Gasteiger partial charge in [0, 0.05) is 24.3 Å². The van der Waals surface area contributed by atoms with Gasteiger partial charge in [0.2, 0.25) is 10.4 Å². The second kappa shape index (κ2) is 29.1. The second-order valence-corrected chi connectivity index (χ2v) is 20.2. The molecule has 0 aliphatic carbocycles. The minimum absolute atomic E-state index is 0. The molecular formula is C30H29N5Na4O23S6. The summed E-state index contributed by atoms with van der Waals surface area (Å²) >= 11 is -2.31. The van der Waals surface area contributed by atoms with Crippen molar-refractivity contribution in [1.82, 2.24) is 0 Å². The average Bonchev–Trinajstić information content (AvgIpc) is 3.22. The van der Waals surface area contributed by atoms with E-state index in [1.54, 1.807) is 0 Å². The van der Waals surface area contributed by atoms with Crippen LogP contribution in [-0.4, -0.2) is 104 Å². The van der Waals surface area contributed by atoms with E-state index in [2.05, 4.69) is 43.4 Å². The number of aromatic hydroxyl groups is 1. The van der Waals surface area contributed by atoms with E-state index in [1.165, 1.54) is 0 Å². The molecule has 4 aromatic carbocycles. The zero-order valence-electron chi connectivity index (χ0n) is 36.5. The zero-order valence-corrected chi connectivity index (χ0v) is 49.4. The van der Waals surface area contributed by atoms with Gasteiger partial charge in [0.1, 0.15) is 65.7 Å². The molecule has 0 bridgehead atoms. The van der Waals surface area contributed by atoms with Crippen LogP contribution in [-0.2, 0) is 74.2 Å². The number of nitrogens with zero attached hydrogens (tertiary/aromatic N) is 4. The van der Waals surface area contributed by atoms with Crippen LogP contribution in [0.5, 0.6) is 28.7 Å². The number of ether oxygens (including phenoxy) is 4. The molecule has 0 spiro atoms. The Kier molecular flexibility index (Phi) is 28.7. The van der Waals surface area contributed by atoms with E-state index in [4.69, 9.17) is 24.7 Å². The first-order valence-corrected chi connectivity index (χ1v) is 24.5. The predicted molar refractivity (Wildman–Crippen MR) is 208 cm³/mol. The third kappa shape index (κ3) is 17.4. The van der Waals surface area contributed by atoms with Gasteiger partial charge in [-0.05, 0) is 17.5 Å². The number of methoxy groups -OCH3 is 4. The summed E-state index contributed by atoms with van der Waals surface area (Å²) in [6.07, 6.45) is 0. The number of benzene rings is 4. The number of nitrogen functional groups attached to an aromatic ring is 1. The Bertz CT molecular complexity index is 2970. The Morgan fingerprint density at radius 3 is 1.59 bits per heavy atom. The Morgan fingerprint density at radius 2 is 1.15 bits per heavy atom. The molecule has 0 aromatic heterocycles. The summed E-state index contributed by atoms with van der Waals surface area (Å²) in [5.41, 5.74) is 3.51. The van der Waals surface area contributed by atoms with Gasteiger partial charge in [0.25, 0.3) is 0 Å². The second-order valence-electron chi connectivity index (χ2n) is 11.7. The quantitative estimate of drug-likeness (QED) is 0.0102. The fraction of sp³-hybridized carbons (Fsp3) is 0.267. The number of sulfone groups is 2. The van der Waals surface area contributed by atoms with Gasteiger partial charge in [-0.3, -0.25) is 14.3 Å². The van der Waals surface area contributed by atoms with Crippen molar-refractivity contribution in [3.8, 4) is 28.7 Å². The normalized spacial score (nSPS) is 12.4. The van der Waals surface area contributed by atoms with E-state index < -0.39 is 124 Å². The summed E-state index contributed by atoms with van der Waals surface area (Å²) in [7, 11) is -15.2. The smallest absolute Gasteiger partial charge is 0.744 e. The SMILES string of the molecule is COc1cc(S(=O)(=O)CCOS(=O)(=O)[O-])c(OC)cc1N=Nc1c(S(=O)(=O)[O-])cc2cc(SOO[O-])c(N=Nc3cc(OC)c(S(=O)(=O)CCS(=O)OO[O-])cc3OC)c(O)c2c1N.[Na+].[Na+].[Na+].[Na+]. The fourth-order valence-electron chi connectivity index (χ4n) is 5.28. The Hall–Kier alpha value is -0.920. The minimum Gasteiger partial charge on any atom is -0.744 e. The average molecular weight is 1110 g/mol. The number of hydrogen-bond acceptors (Lipinski definition) is 29. The summed E-state index contributed by atoms with van der Waals surface area (Å²) in [6.45, 7) is -1.06. The van der Waals surface area contributed by atoms with Crippen molar-refractivity contribution in [3.63, 3.8) is 0 Å². The Morgan fingerprint density at radius 1 is 0.662 bits per heavy atom.